The maximum atomic E-state index is 12.4. The third-order valence-electron chi connectivity index (χ3n) is 3.89. The number of hydrogen-bond acceptors (Lipinski definition) is 6. The zero-order chi connectivity index (χ0) is 19.3. The van der Waals surface area contributed by atoms with Gasteiger partial charge in [-0.3, -0.25) is 4.79 Å². The third-order valence-corrected chi connectivity index (χ3v) is 6.60. The second-order valence-electron chi connectivity index (χ2n) is 6.10. The van der Waals surface area contributed by atoms with Gasteiger partial charge in [-0.25, -0.2) is 4.98 Å². The summed E-state index contributed by atoms with van der Waals surface area (Å²) in [5.74, 6) is 1.80. The highest BCUT2D eigenvalue weighted by Crippen LogP contribution is 2.29. The van der Waals surface area contributed by atoms with E-state index in [1.807, 2.05) is 54.1 Å². The van der Waals surface area contributed by atoms with Crippen LogP contribution in [0.15, 0.2) is 59.3 Å². The van der Waals surface area contributed by atoms with Crippen molar-refractivity contribution in [2.75, 3.05) is 11.1 Å². The van der Waals surface area contributed by atoms with Crippen LogP contribution in [0.3, 0.4) is 0 Å². The first-order valence-corrected chi connectivity index (χ1v) is 11.6. The van der Waals surface area contributed by atoms with Crippen LogP contribution in [0.5, 0.6) is 0 Å². The predicted molar refractivity (Wildman–Crippen MR) is 119 cm³/mol. The lowest BCUT2D eigenvalue weighted by Crippen LogP contribution is -2.17. The largest absolute Gasteiger partial charge is 0.310 e. The number of carbonyl (C=O) groups excluding carboxylic acids is 1. The smallest absolute Gasteiger partial charge is 0.235 e. The average Bonchev–Trinajstić information content (AvgIpc) is 3.43. The van der Waals surface area contributed by atoms with Crippen LogP contribution in [0.4, 0.5) is 5.82 Å². The molecule has 142 valence electrons. The van der Waals surface area contributed by atoms with E-state index in [2.05, 4.69) is 27.5 Å². The Hall–Kier alpha value is -2.42. The molecule has 1 aromatic carbocycles. The Morgan fingerprint density at radius 3 is 2.82 bits per heavy atom. The number of amides is 1. The normalized spacial score (nSPS) is 10.9. The van der Waals surface area contributed by atoms with Crippen LogP contribution in [0.25, 0.3) is 15.7 Å². The minimum absolute atomic E-state index is 0.0443. The van der Waals surface area contributed by atoms with Crippen molar-refractivity contribution in [3.8, 4) is 15.7 Å². The Morgan fingerprint density at radius 2 is 2.04 bits per heavy atom. The van der Waals surface area contributed by atoms with Crippen LogP contribution in [0, 0.1) is 6.92 Å². The Bertz CT molecular complexity index is 1050. The molecule has 0 aliphatic carbocycles. The lowest BCUT2D eigenvalue weighted by Gasteiger charge is -2.06. The third kappa shape index (κ3) is 4.52. The Kier molecular flexibility index (Phi) is 5.90. The summed E-state index contributed by atoms with van der Waals surface area (Å²) in [4.78, 5) is 18.2. The number of aromatic nitrogens is 3. The molecule has 0 bridgehead atoms. The van der Waals surface area contributed by atoms with Gasteiger partial charge in [0.2, 0.25) is 11.0 Å². The molecule has 4 rings (SSSR count). The highest BCUT2D eigenvalue weighted by atomic mass is 32.2. The molecule has 5 nitrogen and oxygen atoms in total. The number of rotatable bonds is 7. The molecule has 3 aromatic heterocycles. The Morgan fingerprint density at radius 1 is 1.18 bits per heavy atom. The molecule has 0 fully saturated rings. The van der Waals surface area contributed by atoms with E-state index in [1.165, 1.54) is 16.9 Å². The van der Waals surface area contributed by atoms with E-state index >= 15 is 0 Å². The van der Waals surface area contributed by atoms with Crippen molar-refractivity contribution in [2.45, 2.75) is 12.7 Å². The van der Waals surface area contributed by atoms with E-state index in [0.29, 0.717) is 11.6 Å². The molecule has 0 radical (unpaired) electrons. The number of aryl methyl sites for hydroxylation is 1. The van der Waals surface area contributed by atoms with Crippen LogP contribution in [0.2, 0.25) is 0 Å². The minimum atomic E-state index is -0.0443. The molecule has 1 N–H and O–H groups in total. The second kappa shape index (κ2) is 8.72. The van der Waals surface area contributed by atoms with Crippen LogP contribution in [-0.2, 0) is 10.5 Å². The molecule has 3 heterocycles. The van der Waals surface area contributed by atoms with E-state index in [9.17, 15) is 4.79 Å². The lowest BCUT2D eigenvalue weighted by atomic mass is 10.2. The van der Waals surface area contributed by atoms with Crippen LogP contribution < -0.4 is 5.32 Å². The van der Waals surface area contributed by atoms with Gasteiger partial charge in [0, 0.05) is 17.2 Å². The van der Waals surface area contributed by atoms with Gasteiger partial charge in [-0.1, -0.05) is 36.4 Å². The molecule has 0 atom stereocenters. The summed E-state index contributed by atoms with van der Waals surface area (Å²) in [5.41, 5.74) is 2.98. The fraction of sp³-hybridized carbons (Fsp3) is 0.150. The van der Waals surface area contributed by atoms with Crippen molar-refractivity contribution < 1.29 is 4.79 Å². The van der Waals surface area contributed by atoms with Crippen molar-refractivity contribution in [3.63, 3.8) is 0 Å². The van der Waals surface area contributed by atoms with Crippen molar-refractivity contribution in [2.24, 2.45) is 0 Å². The molecule has 0 spiro atoms. The lowest BCUT2D eigenvalue weighted by molar-refractivity contribution is -0.113. The monoisotopic (exact) mass is 426 g/mol. The number of nitrogens with one attached hydrogen (secondary N) is 1. The number of carbonyl (C=O) groups is 1. The highest BCUT2D eigenvalue weighted by Gasteiger charge is 2.14. The molecule has 0 aliphatic heterocycles. The van der Waals surface area contributed by atoms with Gasteiger partial charge in [0.05, 0.1) is 22.0 Å². The Balaban J connectivity index is 1.42. The number of nitrogens with zero attached hydrogens (tertiary/aromatic N) is 3. The summed E-state index contributed by atoms with van der Waals surface area (Å²) in [6.07, 6.45) is 0. The predicted octanol–water partition coefficient (Wildman–Crippen LogP) is 5.24. The highest BCUT2D eigenvalue weighted by molar-refractivity contribution is 7.99. The van der Waals surface area contributed by atoms with Gasteiger partial charge in [0.25, 0.3) is 0 Å². The zero-order valence-electron chi connectivity index (χ0n) is 15.2. The molecule has 0 saturated heterocycles. The summed E-state index contributed by atoms with van der Waals surface area (Å²) in [6.45, 7) is 1.91. The van der Waals surface area contributed by atoms with Crippen LogP contribution in [-0.4, -0.2) is 26.4 Å². The van der Waals surface area contributed by atoms with Crippen molar-refractivity contribution in [3.05, 3.63) is 70.5 Å². The standard InChI is InChI=1S/C20H18N4OS3/c1-14-10-18(22-19(25)13-26-11-15-6-3-2-4-7-15)24(23-14)20-21-16(12-28-20)17-8-5-9-27-17/h2-10,12H,11,13H2,1H3,(H,22,25). The summed E-state index contributed by atoms with van der Waals surface area (Å²) in [5, 5.41) is 12.3. The quantitative estimate of drug-likeness (QED) is 0.439. The van der Waals surface area contributed by atoms with Gasteiger partial charge in [-0.05, 0) is 23.9 Å². The first-order valence-electron chi connectivity index (χ1n) is 8.67. The molecule has 0 saturated carbocycles. The van der Waals surface area contributed by atoms with Gasteiger partial charge in [-0.15, -0.1) is 34.4 Å². The van der Waals surface area contributed by atoms with E-state index in [0.717, 1.165) is 27.1 Å². The van der Waals surface area contributed by atoms with Crippen molar-refractivity contribution in [1.29, 1.82) is 0 Å². The maximum Gasteiger partial charge on any atom is 0.235 e. The van der Waals surface area contributed by atoms with Crippen molar-refractivity contribution >= 4 is 46.2 Å². The molecule has 28 heavy (non-hydrogen) atoms. The first-order chi connectivity index (χ1) is 13.7. The van der Waals surface area contributed by atoms with Gasteiger partial charge in [0.1, 0.15) is 5.82 Å². The first kappa shape index (κ1) is 18.9. The van der Waals surface area contributed by atoms with E-state index in [4.69, 9.17) is 0 Å². The number of hydrogen-bond donors (Lipinski definition) is 1. The molecule has 0 aliphatic rings. The fourth-order valence-corrected chi connectivity index (χ4v) is 4.98. The Labute approximate surface area is 175 Å². The second-order valence-corrected chi connectivity index (χ2v) is 8.87. The minimum Gasteiger partial charge on any atom is -0.310 e. The van der Waals surface area contributed by atoms with Crippen LogP contribution in [0.1, 0.15) is 11.3 Å². The van der Waals surface area contributed by atoms with E-state index < -0.39 is 0 Å². The van der Waals surface area contributed by atoms with Gasteiger partial charge < -0.3 is 5.32 Å². The number of anilines is 1. The summed E-state index contributed by atoms with van der Waals surface area (Å²) in [6, 6.07) is 16.1. The SMILES string of the molecule is Cc1cc(NC(=O)CSCc2ccccc2)n(-c2nc(-c3cccs3)cs2)n1. The van der Waals surface area contributed by atoms with E-state index in [1.54, 1.807) is 27.8 Å². The molecule has 1 amide bonds. The van der Waals surface area contributed by atoms with Gasteiger partial charge in [-0.2, -0.15) is 9.78 Å². The maximum absolute atomic E-state index is 12.4. The molecular formula is C20H18N4OS3. The molecule has 4 aromatic rings. The molecule has 8 heteroatoms. The average molecular weight is 427 g/mol. The molecular weight excluding hydrogens is 408 g/mol. The summed E-state index contributed by atoms with van der Waals surface area (Å²) >= 11 is 4.76. The van der Waals surface area contributed by atoms with Gasteiger partial charge in [0.15, 0.2) is 0 Å². The molecule has 0 unspecified atom stereocenters. The van der Waals surface area contributed by atoms with Crippen LogP contribution >= 0.6 is 34.4 Å². The number of thiophene rings is 1. The van der Waals surface area contributed by atoms with Crippen molar-refractivity contribution in [1.82, 2.24) is 14.8 Å². The summed E-state index contributed by atoms with van der Waals surface area (Å²) in [7, 11) is 0. The number of benzene rings is 1. The fourth-order valence-electron chi connectivity index (χ4n) is 2.65. The van der Waals surface area contributed by atoms with Gasteiger partial charge >= 0.3 is 0 Å². The summed E-state index contributed by atoms with van der Waals surface area (Å²) < 4.78 is 1.71. The topological polar surface area (TPSA) is 59.8 Å². The number of thioether (sulfide) groups is 1. The number of thiazole rings is 1. The van der Waals surface area contributed by atoms with E-state index in [-0.39, 0.29) is 5.91 Å². The zero-order valence-corrected chi connectivity index (χ0v) is 17.6.